The molecule has 5 heteroatoms. The van der Waals surface area contributed by atoms with Gasteiger partial charge in [-0.05, 0) is 0 Å². The molecule has 9 heavy (non-hydrogen) atoms. The van der Waals surface area contributed by atoms with Crippen LogP contribution in [0, 0.1) is 5.82 Å². The zero-order valence-corrected chi connectivity index (χ0v) is 4.27. The largest absolute Gasteiger partial charge is 0.325 e. The van der Waals surface area contributed by atoms with Crippen LogP contribution in [-0.2, 0) is 0 Å². The third kappa shape index (κ3) is 1.04. The van der Waals surface area contributed by atoms with Gasteiger partial charge in [0.15, 0.2) is 0 Å². The van der Waals surface area contributed by atoms with Crippen LogP contribution in [0.4, 0.5) is 4.39 Å². The smallest absolute Gasteiger partial charge is 0.311 e. The van der Waals surface area contributed by atoms with Gasteiger partial charge in [0.05, 0.1) is 0 Å². The van der Waals surface area contributed by atoms with Crippen molar-refractivity contribution in [1.29, 1.82) is 0 Å². The highest BCUT2D eigenvalue weighted by Crippen LogP contribution is 1.74. The van der Waals surface area contributed by atoms with Crippen LogP contribution in [0.25, 0.3) is 0 Å². The average Bonchev–Trinajstić information content (AvgIpc) is 1.80. The Morgan fingerprint density at radius 2 is 2.11 bits per heavy atom. The fraction of sp³-hybridized carbons (Fsp3) is 0. The Kier molecular flexibility index (Phi) is 1.18. The molecule has 0 saturated carbocycles. The van der Waals surface area contributed by atoms with E-state index in [9.17, 15) is 14.0 Å². The monoisotopic (exact) mass is 136 g/mol. The lowest BCUT2D eigenvalue weighted by Crippen LogP contribution is -2.23. The Bertz CT molecular complexity index is 313. The minimum absolute atomic E-state index is 0.707. The highest BCUT2D eigenvalue weighted by molar-refractivity contribution is 4.83. The molecule has 0 unspecified atom stereocenters. The molecule has 1 aromatic rings. The first kappa shape index (κ1) is 5.74. The van der Waals surface area contributed by atoms with Crippen molar-refractivity contribution in [3.05, 3.63) is 32.9 Å². The molecule has 0 fully saturated rings. The molecule has 0 bridgehead atoms. The molecule has 0 aromatic carbocycles. The van der Waals surface area contributed by atoms with Gasteiger partial charge in [-0.3, -0.25) is 9.78 Å². The van der Waals surface area contributed by atoms with E-state index in [1.54, 1.807) is 4.98 Å². The normalized spacial score (nSPS) is 9.44. The molecule has 2 N–H and O–H groups in total. The lowest BCUT2D eigenvalue weighted by atomic mass is 11.6. The molecule has 0 spiro atoms. The summed E-state index contributed by atoms with van der Waals surface area (Å²) in [6.07, 6.45) is 0.709. The van der Waals surface area contributed by atoms with Crippen LogP contribution in [0.5, 0.6) is 0 Å². The quantitative estimate of drug-likeness (QED) is 0.490. The van der Waals surface area contributed by atoms with Gasteiger partial charge >= 0.3 is 5.69 Å². The summed E-state index contributed by atoms with van der Waals surface area (Å²) in [5, 5.41) is 0. The Hall–Kier alpha value is -1.39. The van der Waals surface area contributed by atoms with E-state index < -0.39 is 17.1 Å². The van der Waals surface area contributed by atoms with Gasteiger partial charge in [0, 0.05) is 6.20 Å². The molecule has 1 rings (SSSR count). The Balaban J connectivity index is 3.52. The second kappa shape index (κ2) is 1.85. The lowest BCUT2D eigenvalue weighted by molar-refractivity contribution is 0.597. The lowest BCUT2D eigenvalue weighted by Gasteiger charge is -1.81. The fourth-order valence-electron chi connectivity index (χ4n) is 0.393. The summed E-state index contributed by atoms with van der Waals surface area (Å²) in [6.45, 7) is 0. The zero-order valence-electron chi connectivity index (χ0n) is 4.27. The molecule has 0 amide bonds. The molecule has 48 valence electrons. The Morgan fingerprint density at radius 3 is 2.56 bits per heavy atom. The van der Waals surface area contributed by atoms with Crippen LogP contribution < -0.4 is 11.2 Å². The van der Waals surface area contributed by atoms with E-state index in [4.69, 9.17) is 0 Å². The van der Waals surface area contributed by atoms with Crippen LogP contribution in [0.3, 0.4) is 0 Å². The van der Waals surface area contributed by atoms with Crippen molar-refractivity contribution in [3.8, 4) is 0 Å². The maximum absolute atomic E-state index is 12.0. The van der Waals surface area contributed by atoms with E-state index in [0.29, 0.717) is 6.20 Å². The minimum Gasteiger partial charge on any atom is -0.311 e. The number of rotatable bonds is 0. The summed E-state index contributed by atoms with van der Waals surface area (Å²) in [5.74, 6) is -0.991. The summed E-state index contributed by atoms with van der Waals surface area (Å²) in [6, 6.07) is 0. The highest BCUT2D eigenvalue weighted by atomic mass is 19.2. The standard InChI is InChI=1S/C4H3FN2O2/c5-2-1-6-4(9)7-3(2)8/h1H,(H2,6,7,8,9)/i1+1,2+1,3+1,4+1,6+1,7+1. The van der Waals surface area contributed by atoms with Gasteiger partial charge < -0.3 is 4.98 Å². The third-order valence-electron chi connectivity index (χ3n) is 0.774. The van der Waals surface area contributed by atoms with Gasteiger partial charge in [0.1, 0.15) is 0 Å². The summed E-state index contributed by atoms with van der Waals surface area (Å²) in [4.78, 5) is 24.0. The van der Waals surface area contributed by atoms with Crippen molar-refractivity contribution < 1.29 is 4.39 Å². The van der Waals surface area contributed by atoms with Crippen LogP contribution in [0.2, 0.25) is 0 Å². The second-order valence-electron chi connectivity index (χ2n) is 1.42. The minimum atomic E-state index is -1.00. The molecule has 0 radical (unpaired) electrons. The van der Waals surface area contributed by atoms with Gasteiger partial charge in [-0.15, -0.1) is 0 Å². The van der Waals surface area contributed by atoms with Crippen molar-refractivity contribution in [2.24, 2.45) is 0 Å². The van der Waals surface area contributed by atoms with Gasteiger partial charge in [-0.2, -0.15) is 4.39 Å². The molecule has 0 saturated heterocycles. The average molecular weight is 136 g/mol. The first-order valence-corrected chi connectivity index (χ1v) is 2.17. The third-order valence-corrected chi connectivity index (χ3v) is 0.774. The van der Waals surface area contributed by atoms with Crippen LogP contribution in [0.15, 0.2) is 15.8 Å². The second-order valence-corrected chi connectivity index (χ2v) is 1.42. The van der Waals surface area contributed by atoms with E-state index in [1.807, 2.05) is 4.98 Å². The van der Waals surface area contributed by atoms with Crippen molar-refractivity contribution >= 4 is 0 Å². The number of nitrogens with one attached hydrogen (secondary N) is 2. The summed E-state index contributed by atoms with van der Waals surface area (Å²) < 4.78 is 12.0. The first-order valence-electron chi connectivity index (χ1n) is 2.17. The van der Waals surface area contributed by atoms with Crippen LogP contribution >= 0.6 is 0 Å². The number of aromatic nitrogens is 2. The summed E-state index contributed by atoms with van der Waals surface area (Å²) in [5.41, 5.74) is -1.71. The molecule has 0 atom stereocenters. The number of H-pyrrole nitrogens is 2. The Morgan fingerprint density at radius 1 is 1.44 bits per heavy atom. The molecule has 1 heterocycles. The van der Waals surface area contributed by atoms with Crippen molar-refractivity contribution in [1.82, 2.24) is 9.97 Å². The Labute approximate surface area is 48.4 Å². The maximum Gasteiger partial charge on any atom is 0.325 e. The van der Waals surface area contributed by atoms with E-state index in [0.717, 1.165) is 0 Å². The summed E-state index contributed by atoms with van der Waals surface area (Å²) in [7, 11) is 0. The van der Waals surface area contributed by atoms with Gasteiger partial charge in [-0.1, -0.05) is 0 Å². The molecule has 0 aliphatic carbocycles. The van der Waals surface area contributed by atoms with E-state index in [-0.39, 0.29) is 0 Å². The molecule has 1 aromatic heterocycles. The highest BCUT2D eigenvalue weighted by Gasteiger charge is 1.93. The van der Waals surface area contributed by atoms with Crippen LogP contribution in [-0.4, -0.2) is 9.97 Å². The van der Waals surface area contributed by atoms with E-state index >= 15 is 0 Å². The van der Waals surface area contributed by atoms with E-state index in [1.165, 1.54) is 0 Å². The topological polar surface area (TPSA) is 65.7 Å². The summed E-state index contributed by atoms with van der Waals surface area (Å²) >= 11 is 0. The molecule has 0 aliphatic rings. The number of hydrogen-bond acceptors (Lipinski definition) is 2. The van der Waals surface area contributed by atoms with Gasteiger partial charge in [0.2, 0.25) is 5.82 Å². The van der Waals surface area contributed by atoms with Crippen LogP contribution in [0.1, 0.15) is 0 Å². The SMILES string of the molecule is O=[13c]1[15nH][13cH][13c](F)[13c](=O)[15nH]1. The molecule has 4 nitrogen and oxygen atoms in total. The van der Waals surface area contributed by atoms with Gasteiger partial charge in [-0.25, -0.2) is 4.79 Å². The number of hydrogen-bond donors (Lipinski definition) is 2. The number of aromatic amines is 2. The predicted octanol–water partition coefficient (Wildman–Crippen LogP) is -0.798. The van der Waals surface area contributed by atoms with Gasteiger partial charge in [0.25, 0.3) is 5.56 Å². The van der Waals surface area contributed by atoms with Crippen molar-refractivity contribution in [3.63, 3.8) is 0 Å². The number of halogens is 1. The van der Waals surface area contributed by atoms with Crippen molar-refractivity contribution in [2.75, 3.05) is 0 Å². The fourth-order valence-corrected chi connectivity index (χ4v) is 0.393. The van der Waals surface area contributed by atoms with E-state index in [2.05, 4.69) is 0 Å². The first-order chi connectivity index (χ1) is 4.20. The maximum atomic E-state index is 12.0. The molecular formula is C4H3FN2O2. The molecule has 0 aliphatic heterocycles. The van der Waals surface area contributed by atoms with Crippen molar-refractivity contribution in [2.45, 2.75) is 0 Å². The zero-order chi connectivity index (χ0) is 6.85. The molecular weight excluding hydrogens is 133 g/mol. The predicted molar refractivity (Wildman–Crippen MR) is 27.6 cm³/mol.